The van der Waals surface area contributed by atoms with Gasteiger partial charge in [0.05, 0.1) is 6.54 Å². The van der Waals surface area contributed by atoms with Gasteiger partial charge in [0.15, 0.2) is 11.9 Å². The average Bonchev–Trinajstić information content (AvgIpc) is 1.86. The first-order chi connectivity index (χ1) is 5.02. The van der Waals surface area contributed by atoms with Crippen LogP contribution in [-0.4, -0.2) is 34.4 Å². The van der Waals surface area contributed by atoms with Crippen LogP contribution in [0.25, 0.3) is 0 Å². The van der Waals surface area contributed by atoms with Crippen molar-refractivity contribution in [3.8, 4) is 0 Å². The van der Waals surface area contributed by atoms with Crippen molar-refractivity contribution in [3.63, 3.8) is 0 Å². The Morgan fingerprint density at radius 3 is 2.45 bits per heavy atom. The molecule has 0 atom stereocenters. The summed E-state index contributed by atoms with van der Waals surface area (Å²) in [7, 11) is -2.94. The number of carbonyl (C=O) groups is 1. The van der Waals surface area contributed by atoms with Gasteiger partial charge in [-0.15, -0.1) is 0 Å². The summed E-state index contributed by atoms with van der Waals surface area (Å²) >= 11 is 0. The summed E-state index contributed by atoms with van der Waals surface area (Å²) in [5.74, 6) is -0.281. The number of Topliss-reactive ketones (excluding diaryl/α,β-unsaturated/α-hetero) is 1. The average molecular weight is 180 g/mol. The van der Waals surface area contributed by atoms with Crippen molar-refractivity contribution in [1.82, 2.24) is 0 Å². The van der Waals surface area contributed by atoms with Crippen LogP contribution in [0.3, 0.4) is 0 Å². The normalized spacial score (nSPS) is 11.6. The number of rotatable bonds is 5. The Morgan fingerprint density at radius 1 is 1.55 bits per heavy atom. The maximum atomic E-state index is 10.7. The Balaban J connectivity index is 3.80. The molecule has 0 aliphatic heterocycles. The molecule has 0 aliphatic rings. The lowest BCUT2D eigenvalue weighted by molar-refractivity contribution is -0.115. The molecule has 0 aromatic rings. The summed E-state index contributed by atoms with van der Waals surface area (Å²) in [6.07, 6.45) is 0.842. The smallest absolute Gasteiger partial charge is 0.275 e. The fourth-order valence-corrected chi connectivity index (χ4v) is 2.35. The zero-order valence-corrected chi connectivity index (χ0v) is 7.55. The monoisotopic (exact) mass is 180 g/mol. The van der Waals surface area contributed by atoms with E-state index in [0.717, 1.165) is 0 Å². The maximum Gasteiger partial charge on any atom is 0.275 e. The van der Waals surface area contributed by atoms with Gasteiger partial charge in [-0.25, -0.2) is 9.79 Å². The van der Waals surface area contributed by atoms with Crippen LogP contribution in [0, 0.1) is 0 Å². The van der Waals surface area contributed by atoms with Crippen LogP contribution in [0.1, 0.15) is 13.3 Å². The van der Waals surface area contributed by atoms with E-state index in [4.69, 9.17) is 5.73 Å². The van der Waals surface area contributed by atoms with Crippen LogP contribution < -0.4 is 5.73 Å². The second-order valence-corrected chi connectivity index (χ2v) is 5.02. The summed E-state index contributed by atoms with van der Waals surface area (Å²) < 4.78 is 0. The predicted molar refractivity (Wildman–Crippen MR) is 45.4 cm³/mol. The van der Waals surface area contributed by atoms with Crippen molar-refractivity contribution < 1.29 is 14.6 Å². The molecule has 0 bridgehead atoms. The van der Waals surface area contributed by atoms with Crippen LogP contribution in [0.2, 0.25) is 0 Å². The molecule has 0 fully saturated rings. The van der Waals surface area contributed by atoms with E-state index < -0.39 is 7.72 Å². The molecular weight excluding hydrogens is 165 g/mol. The first-order valence-electron chi connectivity index (χ1n) is 3.56. The standard InChI is InChI=1S/C6H15NO3P/c1-2-3-11(9,10)5-6(8)4-7/h9-10H,2-5,7H2,1H3/q+1. The van der Waals surface area contributed by atoms with Gasteiger partial charge in [0, 0.05) is 0 Å². The Morgan fingerprint density at radius 2 is 2.09 bits per heavy atom. The van der Waals surface area contributed by atoms with Crippen molar-refractivity contribution in [2.45, 2.75) is 13.3 Å². The predicted octanol–water partition coefficient (Wildman–Crippen LogP) is -0.244. The zero-order valence-electron chi connectivity index (χ0n) is 6.66. The molecule has 0 aliphatic carbocycles. The van der Waals surface area contributed by atoms with Gasteiger partial charge in [-0.2, -0.15) is 0 Å². The molecule has 0 rings (SSSR count). The molecule has 4 nitrogen and oxygen atoms in total. The highest BCUT2D eigenvalue weighted by Gasteiger charge is 2.34. The Bertz CT molecular complexity index is 138. The maximum absolute atomic E-state index is 10.7. The van der Waals surface area contributed by atoms with Crippen molar-refractivity contribution >= 4 is 13.5 Å². The van der Waals surface area contributed by atoms with Crippen molar-refractivity contribution in [2.24, 2.45) is 5.73 Å². The molecule has 11 heavy (non-hydrogen) atoms. The lowest BCUT2D eigenvalue weighted by Crippen LogP contribution is -2.20. The number of hydrogen-bond acceptors (Lipinski definition) is 4. The van der Waals surface area contributed by atoms with E-state index in [-0.39, 0.29) is 18.5 Å². The third-order valence-corrected chi connectivity index (χ3v) is 3.26. The summed E-state index contributed by atoms with van der Waals surface area (Å²) in [5, 5.41) is 0. The lowest BCUT2D eigenvalue weighted by Gasteiger charge is -2.09. The highest BCUT2D eigenvalue weighted by Crippen LogP contribution is 2.49. The largest absolute Gasteiger partial charge is 0.324 e. The summed E-state index contributed by atoms with van der Waals surface area (Å²) in [6.45, 7) is 1.74. The summed E-state index contributed by atoms with van der Waals surface area (Å²) in [4.78, 5) is 29.1. The first-order valence-corrected chi connectivity index (χ1v) is 5.62. The Kier molecular flexibility index (Phi) is 4.77. The van der Waals surface area contributed by atoms with Crippen LogP contribution in [0.4, 0.5) is 0 Å². The topological polar surface area (TPSA) is 83.5 Å². The quantitative estimate of drug-likeness (QED) is 0.510. The molecule has 0 unspecified atom stereocenters. The van der Waals surface area contributed by atoms with E-state index in [0.29, 0.717) is 12.6 Å². The Labute approximate surface area is 66.9 Å². The summed E-state index contributed by atoms with van der Waals surface area (Å²) in [5.41, 5.74) is 5.02. The molecule has 5 heteroatoms. The van der Waals surface area contributed by atoms with E-state index in [1.807, 2.05) is 6.92 Å². The highest BCUT2D eigenvalue weighted by atomic mass is 31.2. The second-order valence-electron chi connectivity index (χ2n) is 2.50. The third kappa shape index (κ3) is 5.27. The van der Waals surface area contributed by atoms with Crippen molar-refractivity contribution in [3.05, 3.63) is 0 Å². The lowest BCUT2D eigenvalue weighted by atomic mass is 10.5. The molecule has 4 N–H and O–H groups in total. The zero-order chi connectivity index (χ0) is 8.91. The third-order valence-electron chi connectivity index (χ3n) is 1.24. The molecule has 0 amide bonds. The molecular formula is C6H15NO3P+. The van der Waals surface area contributed by atoms with Gasteiger partial charge in [0.25, 0.3) is 7.72 Å². The molecule has 0 saturated heterocycles. The Hall–Kier alpha value is -0.0200. The van der Waals surface area contributed by atoms with E-state index >= 15 is 0 Å². The number of carbonyl (C=O) groups excluding carboxylic acids is 1. The van der Waals surface area contributed by atoms with E-state index in [2.05, 4.69) is 0 Å². The van der Waals surface area contributed by atoms with Crippen LogP contribution in [0.15, 0.2) is 0 Å². The first kappa shape index (κ1) is 11.0. The molecule has 66 valence electrons. The van der Waals surface area contributed by atoms with Gasteiger partial charge >= 0.3 is 0 Å². The fraction of sp³-hybridized carbons (Fsp3) is 0.833. The van der Waals surface area contributed by atoms with Gasteiger partial charge in [0.1, 0.15) is 6.16 Å². The van der Waals surface area contributed by atoms with Crippen molar-refractivity contribution in [2.75, 3.05) is 18.9 Å². The number of nitrogens with two attached hydrogens (primary N) is 1. The summed E-state index contributed by atoms with van der Waals surface area (Å²) in [6, 6.07) is 0. The van der Waals surface area contributed by atoms with Gasteiger partial charge in [0.2, 0.25) is 0 Å². The highest BCUT2D eigenvalue weighted by molar-refractivity contribution is 7.65. The minimum atomic E-state index is -2.94. The molecule has 0 spiro atoms. The van der Waals surface area contributed by atoms with Gasteiger partial charge < -0.3 is 5.73 Å². The molecule has 0 heterocycles. The van der Waals surface area contributed by atoms with Crippen molar-refractivity contribution in [1.29, 1.82) is 0 Å². The van der Waals surface area contributed by atoms with Gasteiger partial charge in [-0.05, 0) is 6.42 Å². The number of ketones is 1. The van der Waals surface area contributed by atoms with Crippen LogP contribution in [-0.2, 0) is 4.79 Å². The van der Waals surface area contributed by atoms with Gasteiger partial charge in [-0.1, -0.05) is 6.92 Å². The van der Waals surface area contributed by atoms with E-state index in [1.54, 1.807) is 0 Å². The molecule has 0 aromatic carbocycles. The van der Waals surface area contributed by atoms with E-state index in [1.165, 1.54) is 0 Å². The molecule has 0 radical (unpaired) electrons. The van der Waals surface area contributed by atoms with Crippen LogP contribution >= 0.6 is 7.72 Å². The van der Waals surface area contributed by atoms with E-state index in [9.17, 15) is 14.6 Å². The minimum absolute atomic E-state index is 0.105. The van der Waals surface area contributed by atoms with Crippen LogP contribution in [0.5, 0.6) is 0 Å². The molecule has 0 aromatic heterocycles. The second kappa shape index (κ2) is 4.78. The fourth-order valence-electron chi connectivity index (χ4n) is 0.784. The molecule has 0 saturated carbocycles. The number of hydrogen-bond donors (Lipinski definition) is 3. The minimum Gasteiger partial charge on any atom is -0.324 e. The van der Waals surface area contributed by atoms with Gasteiger partial charge in [-0.3, -0.25) is 4.79 Å². The SMILES string of the molecule is CCC[P+](O)(O)CC(=O)CN.